The molecule has 0 bridgehead atoms. The van der Waals surface area contributed by atoms with Gasteiger partial charge in [-0.1, -0.05) is 4.73 Å². The summed E-state index contributed by atoms with van der Waals surface area (Å²) in [5.41, 5.74) is -0.496. The Morgan fingerprint density at radius 3 is 2.75 bits per heavy atom. The van der Waals surface area contributed by atoms with Crippen LogP contribution in [0.15, 0.2) is 15.9 Å². The number of hydrogen-bond acceptors (Lipinski definition) is 4. The van der Waals surface area contributed by atoms with E-state index in [0.29, 0.717) is 5.65 Å². The fourth-order valence-corrected chi connectivity index (χ4v) is 1.42. The lowest BCUT2D eigenvalue weighted by molar-refractivity contribution is 0.0432. The second kappa shape index (κ2) is 3.51. The summed E-state index contributed by atoms with van der Waals surface area (Å²) in [7, 11) is 1.53. The molecule has 0 radical (unpaired) electrons. The van der Waals surface area contributed by atoms with E-state index in [4.69, 9.17) is 4.84 Å². The fourth-order valence-electron chi connectivity index (χ4n) is 1.42. The summed E-state index contributed by atoms with van der Waals surface area (Å²) in [6, 6.07) is 0. The molecule has 2 aromatic rings. The third kappa shape index (κ3) is 1.40. The van der Waals surface area contributed by atoms with Gasteiger partial charge in [-0.05, 0) is 13.8 Å². The maximum Gasteiger partial charge on any atom is 0.366 e. The predicted molar refractivity (Wildman–Crippen MR) is 57.3 cm³/mol. The highest BCUT2D eigenvalue weighted by molar-refractivity contribution is 5.68. The first-order chi connectivity index (χ1) is 7.52. The highest BCUT2D eigenvalue weighted by Gasteiger charge is 2.14. The predicted octanol–water partition coefficient (Wildman–Crippen LogP) is -0.740. The largest absolute Gasteiger partial charge is 0.403 e. The number of aromatic nitrogens is 4. The number of imidazole rings is 1. The molecule has 0 aliphatic rings. The smallest absolute Gasteiger partial charge is 0.366 e. The number of aryl methyl sites for hydroxylation is 1. The van der Waals surface area contributed by atoms with Crippen molar-refractivity contribution in [2.45, 2.75) is 20.0 Å². The molecule has 0 saturated carbocycles. The standard InChI is InChI=1S/C9H12N4O3/c1-5(2)16-13-8(14)6-7(11-4-10-6)12(3)9(13)15/h4-5H,1-3H3,(H,10,11). The van der Waals surface area contributed by atoms with Gasteiger partial charge in [0.15, 0.2) is 11.2 Å². The third-order valence-corrected chi connectivity index (χ3v) is 2.11. The van der Waals surface area contributed by atoms with Crippen LogP contribution in [-0.2, 0) is 7.05 Å². The average molecular weight is 224 g/mol. The van der Waals surface area contributed by atoms with Crippen LogP contribution in [0.3, 0.4) is 0 Å². The van der Waals surface area contributed by atoms with E-state index < -0.39 is 11.2 Å². The number of rotatable bonds is 2. The molecule has 2 aromatic heterocycles. The van der Waals surface area contributed by atoms with E-state index >= 15 is 0 Å². The average Bonchev–Trinajstić information content (AvgIpc) is 2.70. The van der Waals surface area contributed by atoms with Crippen LogP contribution in [0.1, 0.15) is 13.8 Å². The van der Waals surface area contributed by atoms with Crippen LogP contribution in [0.5, 0.6) is 0 Å². The van der Waals surface area contributed by atoms with Crippen molar-refractivity contribution in [2.24, 2.45) is 7.05 Å². The van der Waals surface area contributed by atoms with Gasteiger partial charge >= 0.3 is 11.2 Å². The highest BCUT2D eigenvalue weighted by Crippen LogP contribution is 1.98. The van der Waals surface area contributed by atoms with Crippen LogP contribution in [0.4, 0.5) is 0 Å². The Balaban J connectivity index is 2.83. The first-order valence-corrected chi connectivity index (χ1v) is 4.84. The van der Waals surface area contributed by atoms with Gasteiger partial charge in [0.1, 0.15) is 6.10 Å². The molecule has 2 heterocycles. The van der Waals surface area contributed by atoms with Gasteiger partial charge < -0.3 is 9.82 Å². The lowest BCUT2D eigenvalue weighted by atomic mass is 10.5. The van der Waals surface area contributed by atoms with Crippen molar-refractivity contribution < 1.29 is 4.84 Å². The van der Waals surface area contributed by atoms with Crippen LogP contribution >= 0.6 is 0 Å². The van der Waals surface area contributed by atoms with E-state index in [1.807, 2.05) is 0 Å². The van der Waals surface area contributed by atoms with Crippen molar-refractivity contribution in [1.29, 1.82) is 0 Å². The van der Waals surface area contributed by atoms with Crippen LogP contribution in [0.2, 0.25) is 0 Å². The van der Waals surface area contributed by atoms with E-state index in [0.717, 1.165) is 4.73 Å². The highest BCUT2D eigenvalue weighted by atomic mass is 16.7. The van der Waals surface area contributed by atoms with Crippen molar-refractivity contribution >= 4 is 11.2 Å². The van der Waals surface area contributed by atoms with Gasteiger partial charge in [-0.3, -0.25) is 9.36 Å². The maximum absolute atomic E-state index is 11.9. The van der Waals surface area contributed by atoms with Crippen molar-refractivity contribution in [2.75, 3.05) is 0 Å². The molecule has 0 fully saturated rings. The minimum absolute atomic E-state index is 0.253. The minimum Gasteiger partial charge on any atom is -0.403 e. The summed E-state index contributed by atoms with van der Waals surface area (Å²) >= 11 is 0. The third-order valence-electron chi connectivity index (χ3n) is 2.11. The van der Waals surface area contributed by atoms with Crippen molar-refractivity contribution in [3.63, 3.8) is 0 Å². The molecule has 0 aliphatic carbocycles. The summed E-state index contributed by atoms with van der Waals surface area (Å²) in [6.45, 7) is 3.48. The van der Waals surface area contributed by atoms with Gasteiger partial charge in [-0.2, -0.15) is 0 Å². The zero-order valence-corrected chi connectivity index (χ0v) is 9.22. The van der Waals surface area contributed by atoms with E-state index in [1.54, 1.807) is 13.8 Å². The number of nitrogens with one attached hydrogen (secondary N) is 1. The van der Waals surface area contributed by atoms with Crippen LogP contribution in [0, 0.1) is 0 Å². The second-order valence-electron chi connectivity index (χ2n) is 3.70. The lowest BCUT2D eigenvalue weighted by Gasteiger charge is -2.11. The minimum atomic E-state index is -0.543. The van der Waals surface area contributed by atoms with Gasteiger partial charge in [0.2, 0.25) is 0 Å². The topological polar surface area (TPSA) is 81.9 Å². The second-order valence-corrected chi connectivity index (χ2v) is 3.70. The van der Waals surface area contributed by atoms with Crippen molar-refractivity contribution in [1.82, 2.24) is 19.3 Å². The zero-order chi connectivity index (χ0) is 11.9. The van der Waals surface area contributed by atoms with E-state index in [9.17, 15) is 9.59 Å². The van der Waals surface area contributed by atoms with Crippen LogP contribution in [-0.4, -0.2) is 25.4 Å². The fraction of sp³-hybridized carbons (Fsp3) is 0.444. The number of H-pyrrole nitrogens is 1. The molecule has 1 N–H and O–H groups in total. The summed E-state index contributed by atoms with van der Waals surface area (Å²) < 4.78 is 2.00. The molecular weight excluding hydrogens is 212 g/mol. The molecule has 0 atom stereocenters. The summed E-state index contributed by atoms with van der Waals surface area (Å²) in [6.07, 6.45) is 1.11. The van der Waals surface area contributed by atoms with E-state index in [2.05, 4.69) is 9.97 Å². The molecule has 7 nitrogen and oxygen atoms in total. The van der Waals surface area contributed by atoms with Crippen molar-refractivity contribution in [3.8, 4) is 0 Å². The Labute approximate surface area is 90.3 Å². The molecule has 0 unspecified atom stereocenters. The van der Waals surface area contributed by atoms with Gasteiger partial charge in [-0.25, -0.2) is 9.78 Å². The number of aromatic amines is 1. The van der Waals surface area contributed by atoms with Crippen LogP contribution in [0.25, 0.3) is 11.2 Å². The molecule has 0 saturated heterocycles. The molecular formula is C9H12N4O3. The van der Waals surface area contributed by atoms with Crippen LogP contribution < -0.4 is 16.1 Å². The first-order valence-electron chi connectivity index (χ1n) is 4.84. The molecule has 0 aliphatic heterocycles. The normalized spacial score (nSPS) is 11.2. The molecule has 2 rings (SSSR count). The monoisotopic (exact) mass is 224 g/mol. The van der Waals surface area contributed by atoms with Crippen molar-refractivity contribution in [3.05, 3.63) is 27.2 Å². The molecule has 0 amide bonds. The Kier molecular flexibility index (Phi) is 2.30. The summed E-state index contributed by atoms with van der Waals surface area (Å²) in [5.74, 6) is 0. The Morgan fingerprint density at radius 1 is 1.44 bits per heavy atom. The van der Waals surface area contributed by atoms with E-state index in [1.165, 1.54) is 17.9 Å². The first kappa shape index (κ1) is 10.5. The molecule has 16 heavy (non-hydrogen) atoms. The van der Waals surface area contributed by atoms with Gasteiger partial charge in [0, 0.05) is 7.05 Å². The Hall–Kier alpha value is -2.05. The van der Waals surface area contributed by atoms with Gasteiger partial charge in [0.25, 0.3) is 0 Å². The Bertz CT molecular complexity index is 634. The van der Waals surface area contributed by atoms with Gasteiger partial charge in [0.05, 0.1) is 6.33 Å². The number of hydrogen-bond donors (Lipinski definition) is 1. The molecule has 7 heteroatoms. The number of nitrogens with zero attached hydrogens (tertiary/aromatic N) is 3. The molecule has 86 valence electrons. The summed E-state index contributed by atoms with van der Waals surface area (Å²) in [5, 5.41) is 0. The SMILES string of the molecule is CC(C)On1c(=O)c2[nH]cnc2n(C)c1=O. The Morgan fingerprint density at radius 2 is 2.12 bits per heavy atom. The lowest BCUT2D eigenvalue weighted by Crippen LogP contribution is -2.44. The molecule has 0 aromatic carbocycles. The summed E-state index contributed by atoms with van der Waals surface area (Å²) in [4.78, 5) is 35.4. The molecule has 0 spiro atoms. The quantitative estimate of drug-likeness (QED) is 0.728. The number of fused-ring (bicyclic) bond motifs is 1. The zero-order valence-electron chi connectivity index (χ0n) is 9.22. The van der Waals surface area contributed by atoms with Gasteiger partial charge in [-0.15, -0.1) is 0 Å². The van der Waals surface area contributed by atoms with E-state index in [-0.39, 0.29) is 11.6 Å². The maximum atomic E-state index is 11.9.